The number of hydrogen-bond acceptors (Lipinski definition) is 1. The lowest BCUT2D eigenvalue weighted by atomic mass is 10.0. The number of rotatable bonds is 5. The van der Waals surface area contributed by atoms with Crippen molar-refractivity contribution in [3.8, 4) is 0 Å². The number of aryl methyl sites for hydroxylation is 1. The highest BCUT2D eigenvalue weighted by molar-refractivity contribution is 5.25. The fourth-order valence-electron chi connectivity index (χ4n) is 2.62. The Kier molecular flexibility index (Phi) is 3.83. The van der Waals surface area contributed by atoms with E-state index in [1.54, 1.807) is 13.0 Å². The molecule has 0 radical (unpaired) electrons. The smallest absolute Gasteiger partial charge is 0.126 e. The van der Waals surface area contributed by atoms with Crippen molar-refractivity contribution in [1.82, 2.24) is 5.32 Å². The highest BCUT2D eigenvalue weighted by Gasteiger charge is 2.31. The fourth-order valence-corrected chi connectivity index (χ4v) is 2.62. The van der Waals surface area contributed by atoms with Gasteiger partial charge in [0, 0.05) is 12.6 Å². The molecule has 1 saturated carbocycles. The average Bonchev–Trinajstić information content (AvgIpc) is 3.29. The predicted molar refractivity (Wildman–Crippen MR) is 79.9 cm³/mol. The van der Waals surface area contributed by atoms with Crippen LogP contribution in [0.5, 0.6) is 0 Å². The Morgan fingerprint density at radius 2 is 1.90 bits per heavy atom. The lowest BCUT2D eigenvalue weighted by Crippen LogP contribution is -2.22. The Hall–Kier alpha value is -1.67. The third kappa shape index (κ3) is 3.07. The maximum absolute atomic E-state index is 13.6. The molecule has 0 aliphatic heterocycles. The van der Waals surface area contributed by atoms with Crippen LogP contribution in [0.25, 0.3) is 0 Å². The largest absolute Gasteiger partial charge is 0.306 e. The van der Waals surface area contributed by atoms with Gasteiger partial charge in [-0.2, -0.15) is 0 Å². The van der Waals surface area contributed by atoms with Crippen LogP contribution in [0.3, 0.4) is 0 Å². The zero-order valence-corrected chi connectivity index (χ0v) is 11.8. The van der Waals surface area contributed by atoms with Crippen molar-refractivity contribution in [3.05, 3.63) is 71.0 Å². The van der Waals surface area contributed by atoms with Gasteiger partial charge in [0.2, 0.25) is 0 Å². The standard InChI is InChI=1S/C18H20FN/c1-13-7-8-14(11-17(13)19)12-20-18(16-9-10-16)15-5-3-2-4-6-15/h2-8,11,16,18,20H,9-10,12H2,1H3. The Labute approximate surface area is 119 Å². The van der Waals surface area contributed by atoms with Gasteiger partial charge in [-0.1, -0.05) is 42.5 Å². The van der Waals surface area contributed by atoms with E-state index in [1.807, 2.05) is 18.2 Å². The van der Waals surface area contributed by atoms with Gasteiger partial charge in [-0.05, 0) is 48.4 Å². The Bertz CT molecular complexity index is 575. The molecule has 1 unspecified atom stereocenters. The molecule has 0 amide bonds. The Morgan fingerprint density at radius 1 is 1.15 bits per heavy atom. The van der Waals surface area contributed by atoms with Crippen LogP contribution in [-0.4, -0.2) is 0 Å². The van der Waals surface area contributed by atoms with E-state index in [-0.39, 0.29) is 5.82 Å². The molecule has 1 aliphatic rings. The molecule has 0 saturated heterocycles. The second-order valence-electron chi connectivity index (χ2n) is 5.69. The summed E-state index contributed by atoms with van der Waals surface area (Å²) in [6.07, 6.45) is 2.57. The topological polar surface area (TPSA) is 12.0 Å². The molecule has 1 atom stereocenters. The van der Waals surface area contributed by atoms with Gasteiger partial charge in [-0.3, -0.25) is 0 Å². The van der Waals surface area contributed by atoms with Crippen LogP contribution in [0, 0.1) is 18.7 Å². The summed E-state index contributed by atoms with van der Waals surface area (Å²) in [5.74, 6) is 0.611. The monoisotopic (exact) mass is 269 g/mol. The van der Waals surface area contributed by atoms with Crippen LogP contribution in [0.2, 0.25) is 0 Å². The van der Waals surface area contributed by atoms with Gasteiger partial charge < -0.3 is 5.32 Å². The maximum Gasteiger partial charge on any atom is 0.126 e. The fraction of sp³-hybridized carbons (Fsp3) is 0.333. The quantitative estimate of drug-likeness (QED) is 0.849. The molecule has 1 N–H and O–H groups in total. The predicted octanol–water partition coefficient (Wildman–Crippen LogP) is 4.38. The van der Waals surface area contributed by atoms with E-state index in [2.05, 4.69) is 29.6 Å². The first-order chi connectivity index (χ1) is 9.74. The van der Waals surface area contributed by atoms with Crippen LogP contribution >= 0.6 is 0 Å². The van der Waals surface area contributed by atoms with E-state index in [1.165, 1.54) is 18.4 Å². The first-order valence-corrected chi connectivity index (χ1v) is 7.27. The van der Waals surface area contributed by atoms with Crippen LogP contribution < -0.4 is 5.32 Å². The van der Waals surface area contributed by atoms with Gasteiger partial charge in [0.15, 0.2) is 0 Å². The molecule has 2 aromatic rings. The van der Waals surface area contributed by atoms with Crippen LogP contribution in [0.4, 0.5) is 4.39 Å². The summed E-state index contributed by atoms with van der Waals surface area (Å²) in [6, 6.07) is 16.4. The molecule has 20 heavy (non-hydrogen) atoms. The lowest BCUT2D eigenvalue weighted by Gasteiger charge is -2.19. The van der Waals surface area contributed by atoms with Gasteiger partial charge >= 0.3 is 0 Å². The van der Waals surface area contributed by atoms with Gasteiger partial charge in [0.25, 0.3) is 0 Å². The third-order valence-electron chi connectivity index (χ3n) is 4.01. The van der Waals surface area contributed by atoms with E-state index < -0.39 is 0 Å². The molecule has 1 fully saturated rings. The minimum absolute atomic E-state index is 0.119. The normalized spacial score (nSPS) is 16.1. The number of benzene rings is 2. The van der Waals surface area contributed by atoms with Crippen molar-refractivity contribution in [3.63, 3.8) is 0 Å². The average molecular weight is 269 g/mol. The van der Waals surface area contributed by atoms with Crippen molar-refractivity contribution in [2.24, 2.45) is 5.92 Å². The van der Waals surface area contributed by atoms with Crippen LogP contribution in [0.15, 0.2) is 48.5 Å². The zero-order valence-electron chi connectivity index (χ0n) is 11.8. The molecule has 0 heterocycles. The second kappa shape index (κ2) is 5.76. The lowest BCUT2D eigenvalue weighted by molar-refractivity contribution is 0.479. The summed E-state index contributed by atoms with van der Waals surface area (Å²) in [6.45, 7) is 2.51. The first-order valence-electron chi connectivity index (χ1n) is 7.27. The van der Waals surface area contributed by atoms with Crippen molar-refractivity contribution >= 4 is 0 Å². The highest BCUT2D eigenvalue weighted by Crippen LogP contribution is 2.41. The molecular weight excluding hydrogens is 249 g/mol. The minimum atomic E-state index is -0.119. The van der Waals surface area contributed by atoms with E-state index in [4.69, 9.17) is 0 Å². The molecule has 1 aliphatic carbocycles. The molecule has 1 nitrogen and oxygen atoms in total. The van der Waals surface area contributed by atoms with Gasteiger partial charge in [-0.25, -0.2) is 4.39 Å². The summed E-state index contributed by atoms with van der Waals surface area (Å²) in [4.78, 5) is 0. The summed E-state index contributed by atoms with van der Waals surface area (Å²) in [5, 5.41) is 3.59. The maximum atomic E-state index is 13.6. The summed E-state index contributed by atoms with van der Waals surface area (Å²) in [5.41, 5.74) is 3.05. The minimum Gasteiger partial charge on any atom is -0.306 e. The van der Waals surface area contributed by atoms with E-state index in [9.17, 15) is 4.39 Å². The molecule has 0 bridgehead atoms. The van der Waals surface area contributed by atoms with Crippen LogP contribution in [-0.2, 0) is 6.54 Å². The van der Waals surface area contributed by atoms with Crippen LogP contribution in [0.1, 0.15) is 35.6 Å². The van der Waals surface area contributed by atoms with E-state index in [0.29, 0.717) is 18.2 Å². The number of hydrogen-bond donors (Lipinski definition) is 1. The summed E-state index contributed by atoms with van der Waals surface area (Å²) >= 11 is 0. The number of halogens is 1. The van der Waals surface area contributed by atoms with Gasteiger partial charge in [-0.15, -0.1) is 0 Å². The third-order valence-corrected chi connectivity index (χ3v) is 4.01. The van der Waals surface area contributed by atoms with Gasteiger partial charge in [0.05, 0.1) is 0 Å². The molecular formula is C18H20FN. The number of nitrogens with one attached hydrogen (secondary N) is 1. The highest BCUT2D eigenvalue weighted by atomic mass is 19.1. The Morgan fingerprint density at radius 3 is 2.55 bits per heavy atom. The van der Waals surface area contributed by atoms with E-state index in [0.717, 1.165) is 11.5 Å². The summed E-state index contributed by atoms with van der Waals surface area (Å²) in [7, 11) is 0. The molecule has 0 aromatic heterocycles. The summed E-state index contributed by atoms with van der Waals surface area (Å²) < 4.78 is 13.6. The molecule has 104 valence electrons. The van der Waals surface area contributed by atoms with Gasteiger partial charge in [0.1, 0.15) is 5.82 Å². The Balaban J connectivity index is 1.70. The van der Waals surface area contributed by atoms with Crippen molar-refractivity contribution < 1.29 is 4.39 Å². The molecule has 3 rings (SSSR count). The SMILES string of the molecule is Cc1ccc(CNC(c2ccccc2)C2CC2)cc1F. The molecule has 2 aromatic carbocycles. The van der Waals surface area contributed by atoms with Crippen molar-refractivity contribution in [2.45, 2.75) is 32.4 Å². The zero-order chi connectivity index (χ0) is 13.9. The first kappa shape index (κ1) is 13.3. The van der Waals surface area contributed by atoms with Crippen molar-refractivity contribution in [1.29, 1.82) is 0 Å². The van der Waals surface area contributed by atoms with E-state index >= 15 is 0 Å². The molecule has 2 heteroatoms. The van der Waals surface area contributed by atoms with Crippen molar-refractivity contribution in [2.75, 3.05) is 0 Å². The second-order valence-corrected chi connectivity index (χ2v) is 5.69. The molecule has 0 spiro atoms.